The summed E-state index contributed by atoms with van der Waals surface area (Å²) in [6, 6.07) is 10.9. The molecule has 6 heteroatoms. The summed E-state index contributed by atoms with van der Waals surface area (Å²) in [5.74, 6) is 1.36. The fourth-order valence-corrected chi connectivity index (χ4v) is 3.49. The second-order valence-corrected chi connectivity index (χ2v) is 7.18. The highest BCUT2D eigenvalue weighted by Gasteiger charge is 2.40. The Balaban J connectivity index is 1.81. The smallest absolute Gasteiger partial charge is 0.416 e. The maximum absolute atomic E-state index is 12.8. The molecule has 1 aliphatic rings. The Hall–Kier alpha value is -2.50. The molecule has 2 atom stereocenters. The molecule has 1 aliphatic carbocycles. The third kappa shape index (κ3) is 4.66. The van der Waals surface area contributed by atoms with Gasteiger partial charge in [0.05, 0.1) is 12.7 Å². The van der Waals surface area contributed by atoms with Crippen LogP contribution >= 0.6 is 0 Å². The molecule has 0 unspecified atom stereocenters. The van der Waals surface area contributed by atoms with E-state index in [4.69, 9.17) is 4.74 Å². The summed E-state index contributed by atoms with van der Waals surface area (Å²) in [5.41, 5.74) is 2.04. The zero-order valence-electron chi connectivity index (χ0n) is 16.0. The number of rotatable bonds is 7. The third-order valence-electron chi connectivity index (χ3n) is 5.14. The Bertz CT molecular complexity index is 831. The molecule has 1 amide bonds. The van der Waals surface area contributed by atoms with Crippen LogP contribution in [0.4, 0.5) is 13.2 Å². The second kappa shape index (κ2) is 8.25. The lowest BCUT2D eigenvalue weighted by Crippen LogP contribution is -2.25. The van der Waals surface area contributed by atoms with E-state index in [9.17, 15) is 18.0 Å². The van der Waals surface area contributed by atoms with Gasteiger partial charge in [-0.25, -0.2) is 0 Å². The first-order valence-corrected chi connectivity index (χ1v) is 9.45. The molecule has 0 radical (unpaired) electrons. The molecular formula is C22H24F3NO2. The topological polar surface area (TPSA) is 38.3 Å². The van der Waals surface area contributed by atoms with E-state index >= 15 is 0 Å². The van der Waals surface area contributed by atoms with Gasteiger partial charge in [0.2, 0.25) is 5.91 Å². The van der Waals surface area contributed by atoms with Crippen LogP contribution in [0.25, 0.3) is 11.1 Å². The first kappa shape index (κ1) is 20.2. The zero-order chi connectivity index (χ0) is 20.3. The van der Waals surface area contributed by atoms with Crippen molar-refractivity contribution in [3.05, 3.63) is 53.6 Å². The first-order valence-electron chi connectivity index (χ1n) is 9.45. The van der Waals surface area contributed by atoms with Crippen molar-refractivity contribution in [2.24, 2.45) is 5.92 Å². The highest BCUT2D eigenvalue weighted by Crippen LogP contribution is 2.51. The number of methoxy groups -OCH3 is 1. The maximum atomic E-state index is 12.8. The van der Waals surface area contributed by atoms with E-state index in [1.54, 1.807) is 7.11 Å². The van der Waals surface area contributed by atoms with Gasteiger partial charge in [-0.1, -0.05) is 25.1 Å². The largest absolute Gasteiger partial charge is 0.497 e. The number of amides is 1. The number of halogens is 3. The van der Waals surface area contributed by atoms with Crippen LogP contribution in [-0.2, 0) is 11.0 Å². The summed E-state index contributed by atoms with van der Waals surface area (Å²) in [7, 11) is 1.59. The summed E-state index contributed by atoms with van der Waals surface area (Å²) >= 11 is 0. The summed E-state index contributed by atoms with van der Waals surface area (Å²) in [5, 5.41) is 2.96. The molecule has 0 bridgehead atoms. The number of hydrogen-bond acceptors (Lipinski definition) is 2. The highest BCUT2D eigenvalue weighted by atomic mass is 19.4. The van der Waals surface area contributed by atoms with E-state index in [-0.39, 0.29) is 11.8 Å². The number of nitrogens with one attached hydrogen (secondary N) is 1. The van der Waals surface area contributed by atoms with Crippen molar-refractivity contribution in [1.29, 1.82) is 0 Å². The monoisotopic (exact) mass is 391 g/mol. The summed E-state index contributed by atoms with van der Waals surface area (Å²) in [6.07, 6.45) is -2.08. The Kier molecular flexibility index (Phi) is 5.96. The van der Waals surface area contributed by atoms with Crippen LogP contribution in [0, 0.1) is 5.92 Å². The van der Waals surface area contributed by atoms with E-state index in [0.717, 1.165) is 41.7 Å². The minimum Gasteiger partial charge on any atom is -0.497 e. The fraction of sp³-hybridized carbons (Fsp3) is 0.409. The number of carbonyl (C=O) groups is 1. The van der Waals surface area contributed by atoms with Gasteiger partial charge >= 0.3 is 6.18 Å². The van der Waals surface area contributed by atoms with Gasteiger partial charge < -0.3 is 10.1 Å². The summed E-state index contributed by atoms with van der Waals surface area (Å²) in [6.45, 7) is 2.58. The molecule has 2 aromatic carbocycles. The lowest BCUT2D eigenvalue weighted by atomic mass is 9.95. The van der Waals surface area contributed by atoms with E-state index in [1.165, 1.54) is 12.1 Å². The molecule has 1 saturated carbocycles. The minimum absolute atomic E-state index is 0.0572. The van der Waals surface area contributed by atoms with Crippen LogP contribution in [0.2, 0.25) is 0 Å². The van der Waals surface area contributed by atoms with E-state index in [0.29, 0.717) is 24.6 Å². The van der Waals surface area contributed by atoms with Gasteiger partial charge in [-0.2, -0.15) is 13.2 Å². The first-order chi connectivity index (χ1) is 13.3. The van der Waals surface area contributed by atoms with Gasteiger partial charge in [0, 0.05) is 13.0 Å². The van der Waals surface area contributed by atoms with Gasteiger partial charge in [-0.15, -0.1) is 0 Å². The lowest BCUT2D eigenvalue weighted by Gasteiger charge is -2.13. The number of hydrogen-bond donors (Lipinski definition) is 1. The Labute approximate surface area is 162 Å². The van der Waals surface area contributed by atoms with Crippen LogP contribution < -0.4 is 10.1 Å². The zero-order valence-corrected chi connectivity index (χ0v) is 16.0. The normalized spacial score (nSPS) is 18.6. The second-order valence-electron chi connectivity index (χ2n) is 7.18. The van der Waals surface area contributed by atoms with Crippen LogP contribution in [0.15, 0.2) is 42.5 Å². The van der Waals surface area contributed by atoms with Crippen molar-refractivity contribution >= 4 is 5.91 Å². The predicted octanol–water partition coefficient (Wildman–Crippen LogP) is 5.40. The lowest BCUT2D eigenvalue weighted by molar-refractivity contribution is -0.137. The van der Waals surface area contributed by atoms with Crippen LogP contribution in [0.1, 0.15) is 43.2 Å². The standard InChI is InChI=1S/C22H24F3NO2/c1-3-4-21(27)26-13-15-11-19(15)20-12-17(28-2)9-10-18(20)14-5-7-16(8-6-14)22(23,24)25/h5-10,12,15,19H,3-4,11,13H2,1-2H3,(H,26,27)/t15-,19+/m0/s1. The number of benzene rings is 2. The molecule has 0 aliphatic heterocycles. The molecular weight excluding hydrogens is 367 g/mol. The molecule has 28 heavy (non-hydrogen) atoms. The SMILES string of the molecule is CCCC(=O)NC[C@@H]1C[C@H]1c1cc(OC)ccc1-c1ccc(C(F)(F)F)cc1. The van der Waals surface area contributed by atoms with Crippen molar-refractivity contribution < 1.29 is 22.7 Å². The van der Waals surface area contributed by atoms with E-state index < -0.39 is 11.7 Å². The van der Waals surface area contributed by atoms with Crippen molar-refractivity contribution in [3.8, 4) is 16.9 Å². The number of ether oxygens (including phenoxy) is 1. The Morgan fingerprint density at radius 1 is 1.18 bits per heavy atom. The van der Waals surface area contributed by atoms with Crippen molar-refractivity contribution in [1.82, 2.24) is 5.32 Å². The molecule has 3 nitrogen and oxygen atoms in total. The molecule has 0 saturated heterocycles. The quantitative estimate of drug-likeness (QED) is 0.686. The van der Waals surface area contributed by atoms with Crippen LogP contribution in [-0.4, -0.2) is 19.6 Å². The van der Waals surface area contributed by atoms with E-state index in [1.807, 2.05) is 25.1 Å². The minimum atomic E-state index is -4.35. The molecule has 0 heterocycles. The van der Waals surface area contributed by atoms with Crippen molar-refractivity contribution in [2.75, 3.05) is 13.7 Å². The molecule has 2 aromatic rings. The maximum Gasteiger partial charge on any atom is 0.416 e. The van der Waals surface area contributed by atoms with Gasteiger partial charge in [0.25, 0.3) is 0 Å². The molecule has 3 rings (SSSR count). The predicted molar refractivity (Wildman–Crippen MR) is 102 cm³/mol. The Morgan fingerprint density at radius 2 is 1.89 bits per heavy atom. The third-order valence-corrected chi connectivity index (χ3v) is 5.14. The average Bonchev–Trinajstić information content (AvgIpc) is 3.45. The van der Waals surface area contributed by atoms with Gasteiger partial charge in [-0.05, 0) is 65.6 Å². The average molecular weight is 391 g/mol. The fourth-order valence-electron chi connectivity index (χ4n) is 3.49. The van der Waals surface area contributed by atoms with Gasteiger partial charge in [-0.3, -0.25) is 4.79 Å². The molecule has 0 spiro atoms. The molecule has 1 fully saturated rings. The number of carbonyl (C=O) groups excluding carboxylic acids is 1. The van der Waals surface area contributed by atoms with Crippen molar-refractivity contribution in [2.45, 2.75) is 38.3 Å². The summed E-state index contributed by atoms with van der Waals surface area (Å²) in [4.78, 5) is 11.7. The Morgan fingerprint density at radius 3 is 2.50 bits per heavy atom. The summed E-state index contributed by atoms with van der Waals surface area (Å²) < 4.78 is 43.9. The van der Waals surface area contributed by atoms with Crippen LogP contribution in [0.3, 0.4) is 0 Å². The molecule has 0 aromatic heterocycles. The highest BCUT2D eigenvalue weighted by molar-refractivity contribution is 5.76. The molecule has 1 N–H and O–H groups in total. The number of alkyl halides is 3. The van der Waals surface area contributed by atoms with Crippen LogP contribution in [0.5, 0.6) is 5.75 Å². The van der Waals surface area contributed by atoms with Gasteiger partial charge in [0.1, 0.15) is 5.75 Å². The van der Waals surface area contributed by atoms with Gasteiger partial charge in [0.15, 0.2) is 0 Å². The van der Waals surface area contributed by atoms with Crippen molar-refractivity contribution in [3.63, 3.8) is 0 Å². The molecule has 150 valence electrons. The van der Waals surface area contributed by atoms with E-state index in [2.05, 4.69) is 5.32 Å².